The highest BCUT2D eigenvalue weighted by Gasteiger charge is 2.30. The van der Waals surface area contributed by atoms with E-state index in [1.807, 2.05) is 0 Å². The van der Waals surface area contributed by atoms with Crippen LogP contribution in [0.2, 0.25) is 0 Å². The van der Waals surface area contributed by atoms with Crippen LogP contribution < -0.4 is 9.47 Å². The minimum atomic E-state index is -3.71. The normalized spacial score (nSPS) is 16.1. The first-order valence-corrected chi connectivity index (χ1v) is 9.15. The molecule has 0 N–H and O–H groups in total. The summed E-state index contributed by atoms with van der Waals surface area (Å²) in [4.78, 5) is 11.4. The van der Waals surface area contributed by atoms with Crippen LogP contribution in [0.25, 0.3) is 0 Å². The lowest BCUT2D eigenvalue weighted by atomic mass is 10.1. The van der Waals surface area contributed by atoms with Crippen molar-refractivity contribution >= 4 is 26.9 Å². The molecule has 1 aliphatic rings. The zero-order chi connectivity index (χ0) is 17.0. The molecule has 0 spiro atoms. The van der Waals surface area contributed by atoms with E-state index in [1.54, 1.807) is 0 Å². The fourth-order valence-corrected chi connectivity index (χ4v) is 4.55. The molecule has 23 heavy (non-hydrogen) atoms. The van der Waals surface area contributed by atoms with E-state index >= 15 is 0 Å². The van der Waals surface area contributed by atoms with Crippen LogP contribution >= 0.6 is 11.6 Å². The molecule has 1 saturated heterocycles. The number of rotatable bonds is 6. The maximum atomic E-state index is 12.9. The Morgan fingerprint density at radius 1 is 1.13 bits per heavy atom. The minimum absolute atomic E-state index is 0.0473. The highest BCUT2D eigenvalue weighted by Crippen LogP contribution is 2.35. The molecule has 1 heterocycles. The molecule has 0 unspecified atom stereocenters. The molecule has 0 aliphatic carbocycles. The van der Waals surface area contributed by atoms with Crippen molar-refractivity contribution in [2.75, 3.05) is 27.3 Å². The predicted octanol–water partition coefficient (Wildman–Crippen LogP) is 2.19. The predicted molar refractivity (Wildman–Crippen MR) is 86.7 cm³/mol. The second-order valence-electron chi connectivity index (χ2n) is 5.31. The number of halogens is 1. The van der Waals surface area contributed by atoms with Gasteiger partial charge in [-0.2, -0.15) is 4.31 Å². The fourth-order valence-electron chi connectivity index (χ4n) is 2.67. The number of carbonyl (C=O) groups excluding carboxylic acids is 1. The van der Waals surface area contributed by atoms with Crippen LogP contribution in [0.3, 0.4) is 0 Å². The zero-order valence-corrected chi connectivity index (χ0v) is 14.7. The smallest absolute Gasteiger partial charge is 0.243 e. The molecule has 1 aromatic rings. The lowest BCUT2D eigenvalue weighted by molar-refractivity contribution is -0.111. The van der Waals surface area contributed by atoms with Crippen molar-refractivity contribution in [2.45, 2.75) is 30.6 Å². The van der Waals surface area contributed by atoms with Crippen LogP contribution in [0.5, 0.6) is 11.5 Å². The van der Waals surface area contributed by atoms with Crippen LogP contribution in [-0.4, -0.2) is 45.3 Å². The van der Waals surface area contributed by atoms with E-state index in [1.165, 1.54) is 30.7 Å². The first kappa shape index (κ1) is 18.0. The Kier molecular flexibility index (Phi) is 5.89. The van der Waals surface area contributed by atoms with Gasteiger partial charge in [-0.3, -0.25) is 4.79 Å². The quantitative estimate of drug-likeness (QED) is 0.726. The van der Waals surface area contributed by atoms with E-state index in [9.17, 15) is 13.2 Å². The largest absolute Gasteiger partial charge is 0.493 e. The Morgan fingerprint density at radius 2 is 1.70 bits per heavy atom. The van der Waals surface area contributed by atoms with Gasteiger partial charge in [0.05, 0.1) is 19.1 Å². The van der Waals surface area contributed by atoms with Gasteiger partial charge in [0, 0.05) is 25.6 Å². The highest BCUT2D eigenvalue weighted by atomic mass is 35.5. The number of ether oxygens (including phenoxy) is 2. The Hall–Kier alpha value is -1.31. The summed E-state index contributed by atoms with van der Waals surface area (Å²) in [6.45, 7) is 0.954. The number of nitrogens with zero attached hydrogens (tertiary/aromatic N) is 1. The molecule has 1 aromatic carbocycles. The molecule has 1 aliphatic heterocycles. The average molecular weight is 362 g/mol. The molecule has 128 valence electrons. The van der Waals surface area contributed by atoms with Crippen LogP contribution in [0.1, 0.15) is 24.8 Å². The van der Waals surface area contributed by atoms with Gasteiger partial charge in [-0.25, -0.2) is 8.42 Å². The first-order valence-electron chi connectivity index (χ1n) is 7.33. The van der Waals surface area contributed by atoms with Gasteiger partial charge >= 0.3 is 0 Å². The summed E-state index contributed by atoms with van der Waals surface area (Å²) in [7, 11) is -0.830. The Balaban J connectivity index is 2.55. The van der Waals surface area contributed by atoms with Crippen LogP contribution in [0.15, 0.2) is 17.0 Å². The molecule has 2 rings (SSSR count). The van der Waals surface area contributed by atoms with E-state index in [2.05, 4.69) is 0 Å². The molecule has 0 saturated carbocycles. The summed E-state index contributed by atoms with van der Waals surface area (Å²) < 4.78 is 37.7. The summed E-state index contributed by atoms with van der Waals surface area (Å²) in [6.07, 6.45) is 2.49. The van der Waals surface area contributed by atoms with E-state index in [4.69, 9.17) is 21.1 Å². The van der Waals surface area contributed by atoms with Crippen molar-refractivity contribution in [1.82, 2.24) is 4.31 Å². The van der Waals surface area contributed by atoms with Gasteiger partial charge in [-0.15, -0.1) is 0 Å². The number of hydrogen-bond acceptors (Lipinski definition) is 5. The fraction of sp³-hybridized carbons (Fsp3) is 0.533. The molecule has 0 amide bonds. The number of methoxy groups -OCH3 is 2. The van der Waals surface area contributed by atoms with E-state index in [-0.39, 0.29) is 11.3 Å². The molecular formula is C15H20ClNO5S. The third kappa shape index (κ3) is 3.97. The third-order valence-electron chi connectivity index (χ3n) is 3.83. The van der Waals surface area contributed by atoms with Crippen molar-refractivity contribution in [3.8, 4) is 11.5 Å². The topological polar surface area (TPSA) is 72.9 Å². The molecule has 1 fully saturated rings. The van der Waals surface area contributed by atoms with Crippen molar-refractivity contribution in [2.24, 2.45) is 0 Å². The summed E-state index contributed by atoms with van der Waals surface area (Å²) in [5.41, 5.74) is 0.313. The summed E-state index contributed by atoms with van der Waals surface area (Å²) >= 11 is 5.47. The molecule has 6 nitrogen and oxygen atoms in total. The van der Waals surface area contributed by atoms with E-state index < -0.39 is 15.3 Å². The SMILES string of the molecule is COc1cc(CC(=O)Cl)c(S(=O)(=O)N2CCCCC2)cc1OC. The number of sulfonamides is 1. The average Bonchev–Trinajstić information content (AvgIpc) is 2.54. The van der Waals surface area contributed by atoms with Crippen LogP contribution in [-0.2, 0) is 21.2 Å². The zero-order valence-electron chi connectivity index (χ0n) is 13.2. The Morgan fingerprint density at radius 3 is 2.22 bits per heavy atom. The van der Waals surface area contributed by atoms with E-state index in [0.29, 0.717) is 30.2 Å². The summed E-state index contributed by atoms with van der Waals surface area (Å²) in [5, 5.41) is -0.632. The number of piperidine rings is 1. The molecule has 0 aromatic heterocycles. The lowest BCUT2D eigenvalue weighted by Gasteiger charge is -2.27. The van der Waals surface area contributed by atoms with E-state index in [0.717, 1.165) is 19.3 Å². The van der Waals surface area contributed by atoms with Gasteiger partial charge in [0.25, 0.3) is 0 Å². The van der Waals surface area contributed by atoms with Gasteiger partial charge < -0.3 is 9.47 Å². The van der Waals surface area contributed by atoms with Crippen molar-refractivity contribution in [1.29, 1.82) is 0 Å². The highest BCUT2D eigenvalue weighted by molar-refractivity contribution is 7.89. The first-order chi connectivity index (χ1) is 10.9. The van der Waals surface area contributed by atoms with Gasteiger partial charge in [0.1, 0.15) is 0 Å². The monoisotopic (exact) mass is 361 g/mol. The minimum Gasteiger partial charge on any atom is -0.493 e. The molecule has 0 atom stereocenters. The number of carbonyl (C=O) groups is 1. The standard InChI is InChI=1S/C15H20ClNO5S/c1-21-12-8-11(9-15(16)18)14(10-13(12)22-2)23(19,20)17-6-4-3-5-7-17/h8,10H,3-7,9H2,1-2H3. The summed E-state index contributed by atoms with van der Waals surface area (Å²) in [6, 6.07) is 2.90. The third-order valence-corrected chi connectivity index (χ3v) is 5.94. The van der Waals surface area contributed by atoms with Crippen LogP contribution in [0.4, 0.5) is 0 Å². The van der Waals surface area contributed by atoms with Crippen molar-refractivity contribution < 1.29 is 22.7 Å². The maximum Gasteiger partial charge on any atom is 0.243 e. The van der Waals surface area contributed by atoms with Gasteiger partial charge in [-0.1, -0.05) is 6.42 Å². The Bertz CT molecular complexity index is 683. The summed E-state index contributed by atoms with van der Waals surface area (Å²) in [5.74, 6) is 0.659. The van der Waals surface area contributed by atoms with Crippen molar-refractivity contribution in [3.63, 3.8) is 0 Å². The molecule has 8 heteroatoms. The molecule has 0 radical (unpaired) electrons. The van der Waals surface area contributed by atoms with Gasteiger partial charge in [0.2, 0.25) is 15.3 Å². The van der Waals surface area contributed by atoms with Crippen molar-refractivity contribution in [3.05, 3.63) is 17.7 Å². The molecular weight excluding hydrogens is 342 g/mol. The second-order valence-corrected chi connectivity index (χ2v) is 7.64. The second kappa shape index (κ2) is 7.51. The molecule has 0 bridgehead atoms. The van der Waals surface area contributed by atoms with Gasteiger partial charge in [-0.05, 0) is 36.1 Å². The maximum absolute atomic E-state index is 12.9. The Labute approximate surface area is 141 Å². The number of hydrogen-bond donors (Lipinski definition) is 0. The van der Waals surface area contributed by atoms with Gasteiger partial charge in [0.15, 0.2) is 11.5 Å². The van der Waals surface area contributed by atoms with Crippen LogP contribution in [0, 0.1) is 0 Å². The number of benzene rings is 1. The lowest BCUT2D eigenvalue weighted by Crippen LogP contribution is -2.36.